The summed E-state index contributed by atoms with van der Waals surface area (Å²) < 4.78 is 0.665. The van der Waals surface area contributed by atoms with E-state index >= 15 is 0 Å². The van der Waals surface area contributed by atoms with Gasteiger partial charge >= 0.3 is 0 Å². The van der Waals surface area contributed by atoms with Gasteiger partial charge in [-0.15, -0.1) is 10.2 Å². The number of nitrogens with one attached hydrogen (secondary N) is 2. The highest BCUT2D eigenvalue weighted by atomic mass is 32.2. The van der Waals surface area contributed by atoms with Gasteiger partial charge in [-0.1, -0.05) is 23.5 Å². The van der Waals surface area contributed by atoms with Crippen molar-refractivity contribution in [2.75, 3.05) is 16.4 Å². The number of rotatable bonds is 6. The van der Waals surface area contributed by atoms with E-state index in [1.54, 1.807) is 0 Å². The molecule has 0 saturated heterocycles. The van der Waals surface area contributed by atoms with Gasteiger partial charge in [0.2, 0.25) is 22.2 Å². The maximum atomic E-state index is 5.71. The molecule has 31 heavy (non-hydrogen) atoms. The zero-order valence-electron chi connectivity index (χ0n) is 17.6. The number of hydrogen-bond donors (Lipinski definition) is 3. The number of aromatic nitrogens is 5. The summed E-state index contributed by atoms with van der Waals surface area (Å²) >= 11 is 2.58. The van der Waals surface area contributed by atoms with Crippen molar-refractivity contribution in [3.05, 3.63) is 58.7 Å². The van der Waals surface area contributed by atoms with Crippen LogP contribution >= 0.6 is 23.1 Å². The summed E-state index contributed by atoms with van der Waals surface area (Å²) in [6.07, 6.45) is 0. The summed E-state index contributed by atoms with van der Waals surface area (Å²) in [5, 5.41) is 15.4. The van der Waals surface area contributed by atoms with Crippen molar-refractivity contribution in [2.45, 2.75) is 37.2 Å². The van der Waals surface area contributed by atoms with E-state index in [1.807, 2.05) is 24.3 Å². The third kappa shape index (κ3) is 5.68. The highest BCUT2D eigenvalue weighted by Gasteiger charge is 2.12. The highest BCUT2D eigenvalue weighted by molar-refractivity contribution is 8.00. The van der Waals surface area contributed by atoms with Crippen LogP contribution in [0.3, 0.4) is 0 Å². The zero-order valence-corrected chi connectivity index (χ0v) is 19.2. The van der Waals surface area contributed by atoms with Gasteiger partial charge in [-0.25, -0.2) is 0 Å². The third-order valence-electron chi connectivity index (χ3n) is 4.17. The second kappa shape index (κ2) is 8.86. The van der Waals surface area contributed by atoms with E-state index in [1.165, 1.54) is 23.1 Å². The monoisotopic (exact) mass is 450 g/mol. The van der Waals surface area contributed by atoms with E-state index < -0.39 is 0 Å². The first-order chi connectivity index (χ1) is 14.8. The van der Waals surface area contributed by atoms with Crippen LogP contribution in [-0.4, -0.2) is 25.1 Å². The molecule has 0 atom stereocenters. The Morgan fingerprint density at radius 3 is 1.61 bits per heavy atom. The van der Waals surface area contributed by atoms with E-state index in [9.17, 15) is 0 Å². The molecule has 2 heterocycles. The predicted molar refractivity (Wildman–Crippen MR) is 127 cm³/mol. The number of nitrogens with zero attached hydrogens (tertiary/aromatic N) is 5. The summed E-state index contributed by atoms with van der Waals surface area (Å²) in [4.78, 5) is 13.7. The molecule has 0 aliphatic heterocycles. The fourth-order valence-corrected chi connectivity index (χ4v) is 4.70. The van der Waals surface area contributed by atoms with E-state index in [-0.39, 0.29) is 0 Å². The lowest BCUT2D eigenvalue weighted by molar-refractivity contribution is 0.915. The number of benzene rings is 2. The maximum Gasteiger partial charge on any atom is 0.233 e. The van der Waals surface area contributed by atoms with Crippen LogP contribution in [0.25, 0.3) is 0 Å². The lowest BCUT2D eigenvalue weighted by Crippen LogP contribution is -2.05. The number of hydrogen-bond acceptors (Lipinski definition) is 10. The average molecular weight is 451 g/mol. The first kappa shape index (κ1) is 21.0. The molecule has 0 fully saturated rings. The molecule has 0 unspecified atom stereocenters. The zero-order chi connectivity index (χ0) is 22.0. The largest absolute Gasteiger partial charge is 0.374 e. The minimum Gasteiger partial charge on any atom is -0.374 e. The normalized spacial score (nSPS) is 10.8. The number of aryl methyl sites for hydroxylation is 4. The van der Waals surface area contributed by atoms with Gasteiger partial charge in [-0.2, -0.15) is 15.0 Å². The second-order valence-corrected chi connectivity index (χ2v) is 9.50. The van der Waals surface area contributed by atoms with Gasteiger partial charge in [-0.3, -0.25) is 0 Å². The maximum absolute atomic E-state index is 5.71. The van der Waals surface area contributed by atoms with Crippen LogP contribution in [0, 0.1) is 27.7 Å². The Kier molecular flexibility index (Phi) is 6.01. The van der Waals surface area contributed by atoms with Gasteiger partial charge in [0, 0.05) is 11.4 Å². The molecule has 158 valence electrons. The van der Waals surface area contributed by atoms with E-state index in [4.69, 9.17) is 5.73 Å². The van der Waals surface area contributed by atoms with Crippen LogP contribution in [0.5, 0.6) is 0 Å². The van der Waals surface area contributed by atoms with E-state index in [0.29, 0.717) is 26.5 Å². The molecule has 2 aromatic heterocycles. The number of anilines is 5. The van der Waals surface area contributed by atoms with Crippen molar-refractivity contribution < 1.29 is 0 Å². The molecule has 0 aliphatic carbocycles. The Bertz CT molecular complexity index is 1130. The summed E-state index contributed by atoms with van der Waals surface area (Å²) in [7, 11) is 0. The van der Waals surface area contributed by atoms with Crippen molar-refractivity contribution in [3.63, 3.8) is 0 Å². The molecular weight excluding hydrogens is 428 g/mol. The molecule has 2 aromatic carbocycles. The summed E-state index contributed by atoms with van der Waals surface area (Å²) in [5.41, 5.74) is 12.2. The van der Waals surface area contributed by atoms with Crippen LogP contribution in [0.15, 0.2) is 45.9 Å². The predicted octanol–water partition coefficient (Wildman–Crippen LogP) is 5.18. The first-order valence-corrected chi connectivity index (χ1v) is 11.2. The van der Waals surface area contributed by atoms with Crippen molar-refractivity contribution in [2.24, 2.45) is 0 Å². The smallest absolute Gasteiger partial charge is 0.233 e. The van der Waals surface area contributed by atoms with Crippen molar-refractivity contribution in [1.29, 1.82) is 0 Å². The van der Waals surface area contributed by atoms with Crippen LogP contribution in [0.1, 0.15) is 22.3 Å². The Balaban J connectivity index is 1.68. The Morgan fingerprint density at radius 2 is 1.19 bits per heavy atom. The molecule has 0 bridgehead atoms. The Morgan fingerprint density at radius 1 is 0.710 bits per heavy atom. The van der Waals surface area contributed by atoms with Crippen molar-refractivity contribution in [1.82, 2.24) is 25.1 Å². The van der Waals surface area contributed by atoms with Crippen molar-refractivity contribution in [3.8, 4) is 0 Å². The topological polar surface area (TPSA) is 115 Å². The van der Waals surface area contributed by atoms with Gasteiger partial charge in [0.1, 0.15) is 0 Å². The van der Waals surface area contributed by atoms with Gasteiger partial charge in [0.15, 0.2) is 4.34 Å². The molecule has 10 heteroatoms. The second-order valence-electron chi connectivity index (χ2n) is 7.28. The van der Waals surface area contributed by atoms with E-state index in [2.05, 4.69) is 75.6 Å². The molecule has 0 amide bonds. The van der Waals surface area contributed by atoms with Crippen LogP contribution < -0.4 is 16.4 Å². The highest BCUT2D eigenvalue weighted by Crippen LogP contribution is 2.30. The number of nitrogen functional groups attached to an aromatic ring is 1. The van der Waals surface area contributed by atoms with Gasteiger partial charge in [0.25, 0.3) is 0 Å². The van der Waals surface area contributed by atoms with Crippen LogP contribution in [0.4, 0.5) is 28.4 Å². The lowest BCUT2D eigenvalue weighted by atomic mass is 10.1. The van der Waals surface area contributed by atoms with Crippen molar-refractivity contribution >= 4 is 51.5 Å². The summed E-state index contributed by atoms with van der Waals surface area (Å²) in [5.74, 6) is 0.874. The summed E-state index contributed by atoms with van der Waals surface area (Å²) in [6, 6.07) is 12.4. The van der Waals surface area contributed by atoms with Gasteiger partial charge in [0.05, 0.1) is 0 Å². The Hall–Kier alpha value is -3.24. The molecular formula is C21H22N8S2. The fraction of sp³-hybridized carbons (Fsp3) is 0.190. The van der Waals surface area contributed by atoms with Gasteiger partial charge < -0.3 is 16.4 Å². The molecule has 4 rings (SSSR count). The Labute approximate surface area is 188 Å². The average Bonchev–Trinajstić information content (AvgIpc) is 3.04. The standard InChI is InChI=1S/C21H22N8S2/c1-11-5-12(2)8-15(7-11)23-18-25-19(24-16-9-13(3)6-14(4)10-16)27-20(26-18)31-21-29-28-17(22)30-21/h5-10H,1-4H3,(H2,22,28)(H2,23,24,25,26,27). The molecule has 0 saturated carbocycles. The summed E-state index contributed by atoms with van der Waals surface area (Å²) in [6.45, 7) is 8.22. The molecule has 0 aliphatic rings. The minimum atomic E-state index is 0.402. The third-order valence-corrected chi connectivity index (χ3v) is 5.84. The molecule has 0 radical (unpaired) electrons. The van der Waals surface area contributed by atoms with Crippen LogP contribution in [-0.2, 0) is 0 Å². The molecule has 0 spiro atoms. The van der Waals surface area contributed by atoms with Gasteiger partial charge in [-0.05, 0) is 86.0 Å². The SMILES string of the molecule is Cc1cc(C)cc(Nc2nc(Nc3cc(C)cc(C)c3)nc(Sc3nnc(N)s3)n2)c1. The molecule has 4 N–H and O–H groups in total. The quantitative estimate of drug-likeness (QED) is 0.365. The minimum absolute atomic E-state index is 0.402. The molecule has 4 aromatic rings. The fourth-order valence-electron chi connectivity index (χ4n) is 3.21. The number of nitrogens with two attached hydrogens (primary N) is 1. The molecule has 8 nitrogen and oxygen atoms in total. The van der Waals surface area contributed by atoms with Crippen LogP contribution in [0.2, 0.25) is 0 Å². The lowest BCUT2D eigenvalue weighted by Gasteiger charge is -2.11. The van der Waals surface area contributed by atoms with E-state index in [0.717, 1.165) is 33.6 Å². The first-order valence-electron chi connectivity index (χ1n) is 9.56.